The van der Waals surface area contributed by atoms with Gasteiger partial charge in [0.1, 0.15) is 36.6 Å². The zero-order valence-electron chi connectivity index (χ0n) is 38.7. The summed E-state index contributed by atoms with van der Waals surface area (Å²) >= 11 is 7.77. The number of aromatic nitrogens is 2. The average Bonchev–Trinajstić information content (AvgIpc) is 3.91. The smallest absolute Gasteiger partial charge is 0.251 e. The molecule has 0 bridgehead atoms. The molecule has 2 aromatic heterocycles. The molecule has 0 spiro atoms. The number of thiazole rings is 1. The van der Waals surface area contributed by atoms with E-state index in [0.717, 1.165) is 41.1 Å². The minimum absolute atomic E-state index is 0.0130. The number of pyridine rings is 1. The van der Waals surface area contributed by atoms with Crippen LogP contribution in [0.25, 0.3) is 10.4 Å². The molecule has 1 saturated carbocycles. The lowest BCUT2D eigenvalue weighted by Crippen LogP contribution is -2.74. The van der Waals surface area contributed by atoms with E-state index in [1.165, 1.54) is 16.2 Å². The van der Waals surface area contributed by atoms with E-state index in [-0.39, 0.29) is 60.9 Å². The predicted molar refractivity (Wildman–Crippen MR) is 254 cm³/mol. The highest BCUT2D eigenvalue weighted by atomic mass is 35.5. The fourth-order valence-electron chi connectivity index (χ4n) is 9.20. The Kier molecular flexibility index (Phi) is 16.5. The van der Waals surface area contributed by atoms with E-state index in [1.807, 2.05) is 45.0 Å². The van der Waals surface area contributed by atoms with Crippen LogP contribution in [0.3, 0.4) is 0 Å². The van der Waals surface area contributed by atoms with Gasteiger partial charge < -0.3 is 40.7 Å². The van der Waals surface area contributed by atoms with Crippen molar-refractivity contribution < 1.29 is 33.8 Å². The second-order valence-electron chi connectivity index (χ2n) is 18.6. The lowest BCUT2D eigenvalue weighted by Gasteiger charge is -2.63. The van der Waals surface area contributed by atoms with Gasteiger partial charge in [-0.15, -0.1) is 11.3 Å². The first kappa shape index (κ1) is 49.8. The first-order chi connectivity index (χ1) is 31.4. The normalized spacial score (nSPS) is 19.9. The van der Waals surface area contributed by atoms with Gasteiger partial charge in [0, 0.05) is 72.1 Å². The Balaban J connectivity index is 0.864. The first-order valence-electron chi connectivity index (χ1n) is 22.4. The Morgan fingerprint density at radius 1 is 1.02 bits per heavy atom. The number of aliphatic hydroxyl groups excluding tert-OH is 1. The fraction of sp³-hybridized carbons (Fsp3) is 0.490. The number of unbranched alkanes of at least 4 members (excludes halogenated alkanes) is 2. The third kappa shape index (κ3) is 11.9. The van der Waals surface area contributed by atoms with Gasteiger partial charge in [-0.2, -0.15) is 5.26 Å². The molecule has 17 heteroatoms. The third-order valence-electron chi connectivity index (χ3n) is 12.5. The van der Waals surface area contributed by atoms with Crippen molar-refractivity contribution in [2.24, 2.45) is 16.7 Å². The Hall–Kier alpha value is -5.60. The number of nitrogens with zero attached hydrogens (tertiary/aromatic N) is 4. The highest BCUT2D eigenvalue weighted by Gasteiger charge is 2.64. The number of aliphatic hydroxyl groups is 1. The van der Waals surface area contributed by atoms with Gasteiger partial charge in [-0.05, 0) is 74.6 Å². The van der Waals surface area contributed by atoms with Crippen molar-refractivity contribution in [3.8, 4) is 22.3 Å². The molecule has 5 N–H and O–H groups in total. The molecule has 15 nitrogen and oxygen atoms in total. The molecule has 0 radical (unpaired) electrons. The van der Waals surface area contributed by atoms with Crippen LogP contribution >= 0.6 is 22.9 Å². The van der Waals surface area contributed by atoms with Crippen LogP contribution < -0.4 is 26.0 Å². The van der Waals surface area contributed by atoms with Crippen LogP contribution in [0.1, 0.15) is 94.5 Å². The number of β-amino-alcohol motifs (C(OH)–C–C–N with tert-alkyl or cyclic N) is 1. The summed E-state index contributed by atoms with van der Waals surface area (Å²) in [6.45, 7) is 14.8. The predicted octanol–water partition coefficient (Wildman–Crippen LogP) is 6.67. The summed E-state index contributed by atoms with van der Waals surface area (Å²) in [5.74, 6) is -1.13. The van der Waals surface area contributed by atoms with Crippen LogP contribution in [0.4, 0.5) is 5.69 Å². The van der Waals surface area contributed by atoms with E-state index >= 15 is 0 Å². The minimum Gasteiger partial charge on any atom is -0.489 e. The standard InChI is InChI=1S/C49H61ClN8O7S/c1-29(2)41(45(63)58-26-36(59)21-39(58)44(62)54-25-35-17-13-33(24-53-35)42-30(3)55-28-66-42)56-40(60)27-64-20-10-8-9-19-52-34-15-11-31(12-16-34)43(61)57-46-48(4,5)47(49(46,6)7)65-37-18-14-32(23-51)38(50)22-37/h11-18,22,24,28-29,36,39,41,46-47,52,59H,8-10,19-21,25-27H2,1-7H3,(H,54,62)(H,56,60)(H,57,61)/t36-,39+,41?,46?,47?/m1/s1. The molecule has 1 aliphatic heterocycles. The zero-order chi connectivity index (χ0) is 47.8. The lowest BCUT2D eigenvalue weighted by molar-refractivity contribution is -0.164. The van der Waals surface area contributed by atoms with Gasteiger partial charge in [0.25, 0.3) is 5.91 Å². The summed E-state index contributed by atoms with van der Waals surface area (Å²) < 4.78 is 12.0. The Morgan fingerprint density at radius 3 is 2.39 bits per heavy atom. The van der Waals surface area contributed by atoms with E-state index in [9.17, 15) is 29.5 Å². The van der Waals surface area contributed by atoms with E-state index in [4.69, 9.17) is 21.1 Å². The summed E-state index contributed by atoms with van der Waals surface area (Å²) in [4.78, 5) is 64.5. The number of rotatable bonds is 20. The maximum Gasteiger partial charge on any atom is 0.251 e. The molecule has 1 unspecified atom stereocenters. The van der Waals surface area contributed by atoms with Gasteiger partial charge in [0.05, 0.1) is 45.0 Å². The molecule has 1 aliphatic carbocycles. The van der Waals surface area contributed by atoms with Gasteiger partial charge in [0.15, 0.2) is 0 Å². The summed E-state index contributed by atoms with van der Waals surface area (Å²) in [5.41, 5.74) is 5.38. The van der Waals surface area contributed by atoms with Crippen molar-refractivity contribution in [2.75, 3.05) is 31.6 Å². The Labute approximate surface area is 396 Å². The van der Waals surface area contributed by atoms with E-state index in [0.29, 0.717) is 40.7 Å². The van der Waals surface area contributed by atoms with E-state index < -0.39 is 35.9 Å². The van der Waals surface area contributed by atoms with Crippen molar-refractivity contribution in [2.45, 2.75) is 111 Å². The highest BCUT2D eigenvalue weighted by molar-refractivity contribution is 7.13. The number of hydrogen-bond acceptors (Lipinski definition) is 12. The Bertz CT molecular complexity index is 2370. The molecule has 66 heavy (non-hydrogen) atoms. The molecule has 4 aromatic rings. The monoisotopic (exact) mass is 940 g/mol. The van der Waals surface area contributed by atoms with Crippen LogP contribution in [0, 0.1) is 35.0 Å². The van der Waals surface area contributed by atoms with Gasteiger partial charge in [-0.1, -0.05) is 59.2 Å². The summed E-state index contributed by atoms with van der Waals surface area (Å²) in [6.07, 6.45) is 3.20. The van der Waals surface area contributed by atoms with Crippen molar-refractivity contribution in [3.63, 3.8) is 0 Å². The van der Waals surface area contributed by atoms with Crippen LogP contribution in [-0.2, 0) is 25.7 Å². The second kappa shape index (κ2) is 21.8. The van der Waals surface area contributed by atoms with Gasteiger partial charge >= 0.3 is 0 Å². The minimum atomic E-state index is -0.904. The van der Waals surface area contributed by atoms with Gasteiger partial charge in [0.2, 0.25) is 17.7 Å². The molecular weight excluding hydrogens is 880 g/mol. The van der Waals surface area contributed by atoms with Crippen LogP contribution in [0.15, 0.2) is 66.3 Å². The molecule has 2 aliphatic rings. The number of carbonyl (C=O) groups is 4. The summed E-state index contributed by atoms with van der Waals surface area (Å²) in [6, 6.07) is 16.3. The largest absolute Gasteiger partial charge is 0.489 e. The van der Waals surface area contributed by atoms with Gasteiger partial charge in [-0.25, -0.2) is 4.98 Å². The fourth-order valence-corrected chi connectivity index (χ4v) is 10.2. The molecule has 3 heterocycles. The van der Waals surface area contributed by atoms with E-state index in [2.05, 4.69) is 65.0 Å². The topological polar surface area (TPSA) is 208 Å². The summed E-state index contributed by atoms with van der Waals surface area (Å²) in [7, 11) is 0. The highest BCUT2D eigenvalue weighted by Crippen LogP contribution is 2.55. The number of anilines is 1. The SMILES string of the molecule is Cc1ncsc1-c1ccc(CNC(=O)[C@@H]2C[C@@H](O)CN2C(=O)C(NC(=O)COCCCCCNc2ccc(C(=O)NC3C(C)(C)C(Oc4ccc(C#N)c(Cl)c4)C3(C)C)cc2)C(C)C)nc1. The van der Waals surface area contributed by atoms with Crippen molar-refractivity contribution in [1.29, 1.82) is 5.26 Å². The van der Waals surface area contributed by atoms with Crippen molar-refractivity contribution >= 4 is 52.3 Å². The van der Waals surface area contributed by atoms with Crippen LogP contribution in [0.5, 0.6) is 5.75 Å². The second-order valence-corrected chi connectivity index (χ2v) is 19.9. The Morgan fingerprint density at radius 2 is 1.76 bits per heavy atom. The molecule has 6 rings (SSSR count). The number of nitriles is 1. The zero-order valence-corrected chi connectivity index (χ0v) is 40.2. The van der Waals surface area contributed by atoms with Crippen LogP contribution in [0.2, 0.25) is 5.02 Å². The summed E-state index contributed by atoms with van der Waals surface area (Å²) in [5, 5.41) is 32.3. The van der Waals surface area contributed by atoms with Crippen molar-refractivity contribution in [1.82, 2.24) is 30.8 Å². The van der Waals surface area contributed by atoms with E-state index in [1.54, 1.807) is 42.0 Å². The number of amides is 4. The number of hydrogen-bond donors (Lipinski definition) is 5. The number of halogens is 1. The number of ether oxygens (including phenoxy) is 2. The van der Waals surface area contributed by atoms with Crippen molar-refractivity contribution in [3.05, 3.63) is 93.8 Å². The maximum atomic E-state index is 13.8. The molecule has 2 aromatic carbocycles. The third-order valence-corrected chi connectivity index (χ3v) is 13.8. The maximum absolute atomic E-state index is 13.8. The number of likely N-dealkylation sites (tertiary alicyclic amines) is 1. The molecular formula is C49H61ClN8O7S. The van der Waals surface area contributed by atoms with Gasteiger partial charge in [-0.3, -0.25) is 24.2 Å². The average molecular weight is 942 g/mol. The molecule has 2 fully saturated rings. The lowest BCUT2D eigenvalue weighted by atomic mass is 9.49. The first-order valence-corrected chi connectivity index (χ1v) is 23.7. The number of aryl methyl sites for hydroxylation is 1. The number of benzene rings is 2. The molecule has 1 saturated heterocycles. The number of nitrogens with one attached hydrogen (secondary N) is 4. The molecule has 4 amide bonds. The van der Waals surface area contributed by atoms with Crippen LogP contribution in [-0.4, -0.2) is 100 Å². The number of carbonyl (C=O) groups excluding carboxylic acids is 4. The quantitative estimate of drug-likeness (QED) is 0.0592. The molecule has 3 atom stereocenters. The molecule has 352 valence electrons.